The van der Waals surface area contributed by atoms with Crippen molar-refractivity contribution >= 4 is 5.97 Å². The van der Waals surface area contributed by atoms with Crippen LogP contribution in [0.1, 0.15) is 30.5 Å². The summed E-state index contributed by atoms with van der Waals surface area (Å²) in [7, 11) is 0. The molecule has 1 N–H and O–H groups in total. The molecule has 0 bridgehead atoms. The van der Waals surface area contributed by atoms with Crippen LogP contribution in [0.4, 0.5) is 0 Å². The summed E-state index contributed by atoms with van der Waals surface area (Å²) in [6.07, 6.45) is 3.36. The van der Waals surface area contributed by atoms with Crippen LogP contribution < -0.4 is 0 Å². The molecule has 6 heteroatoms. The fourth-order valence-corrected chi connectivity index (χ4v) is 2.46. The molecule has 98 valence electrons. The monoisotopic (exact) mass is 258 g/mol. The standard InChI is InChI=1S/C13H14N4O2/c1-8(13(18)19)17-12(14-15-16-17)11-6-5-9-3-2-4-10(9)7-11/h5-8H,2-4H2,1H3,(H,18,19). The molecular formula is C13H14N4O2. The third-order valence-electron chi connectivity index (χ3n) is 3.57. The molecule has 1 aromatic carbocycles. The van der Waals surface area contributed by atoms with Crippen molar-refractivity contribution in [3.8, 4) is 11.4 Å². The zero-order valence-electron chi connectivity index (χ0n) is 10.6. The van der Waals surface area contributed by atoms with E-state index in [-0.39, 0.29) is 0 Å². The maximum absolute atomic E-state index is 11.1. The molecule has 1 aliphatic carbocycles. The number of hydrogen-bond acceptors (Lipinski definition) is 4. The molecule has 1 atom stereocenters. The molecule has 2 aromatic rings. The van der Waals surface area contributed by atoms with Gasteiger partial charge in [-0.2, -0.15) is 0 Å². The van der Waals surface area contributed by atoms with Gasteiger partial charge in [-0.05, 0) is 53.8 Å². The molecule has 19 heavy (non-hydrogen) atoms. The Balaban J connectivity index is 2.03. The molecule has 1 aromatic heterocycles. The first kappa shape index (κ1) is 11.8. The molecule has 3 rings (SSSR count). The second-order valence-corrected chi connectivity index (χ2v) is 4.80. The number of aliphatic carboxylic acids is 1. The number of aromatic nitrogens is 4. The van der Waals surface area contributed by atoms with E-state index >= 15 is 0 Å². The number of benzene rings is 1. The number of tetrazole rings is 1. The van der Waals surface area contributed by atoms with E-state index in [1.807, 2.05) is 6.07 Å². The van der Waals surface area contributed by atoms with E-state index < -0.39 is 12.0 Å². The highest BCUT2D eigenvalue weighted by atomic mass is 16.4. The van der Waals surface area contributed by atoms with E-state index in [2.05, 4.69) is 27.7 Å². The van der Waals surface area contributed by atoms with Gasteiger partial charge in [0.05, 0.1) is 0 Å². The van der Waals surface area contributed by atoms with Crippen molar-refractivity contribution in [3.05, 3.63) is 29.3 Å². The topological polar surface area (TPSA) is 80.9 Å². The highest BCUT2D eigenvalue weighted by Crippen LogP contribution is 2.27. The average molecular weight is 258 g/mol. The molecule has 0 aliphatic heterocycles. The van der Waals surface area contributed by atoms with Crippen LogP contribution >= 0.6 is 0 Å². The van der Waals surface area contributed by atoms with Crippen LogP contribution in [0.3, 0.4) is 0 Å². The van der Waals surface area contributed by atoms with Crippen molar-refractivity contribution in [1.82, 2.24) is 20.2 Å². The van der Waals surface area contributed by atoms with Gasteiger partial charge in [0.15, 0.2) is 11.9 Å². The lowest BCUT2D eigenvalue weighted by Crippen LogP contribution is -2.18. The van der Waals surface area contributed by atoms with Gasteiger partial charge in [0.25, 0.3) is 0 Å². The fourth-order valence-electron chi connectivity index (χ4n) is 2.46. The molecule has 0 amide bonds. The number of rotatable bonds is 3. The molecule has 1 aliphatic rings. The number of carboxylic acids is 1. The van der Waals surface area contributed by atoms with Crippen molar-refractivity contribution in [2.45, 2.75) is 32.2 Å². The summed E-state index contributed by atoms with van der Waals surface area (Å²) in [4.78, 5) is 11.1. The molecule has 0 radical (unpaired) electrons. The lowest BCUT2D eigenvalue weighted by molar-refractivity contribution is -0.140. The highest BCUT2D eigenvalue weighted by Gasteiger charge is 2.21. The van der Waals surface area contributed by atoms with Crippen molar-refractivity contribution in [3.63, 3.8) is 0 Å². The van der Waals surface area contributed by atoms with E-state index in [9.17, 15) is 4.79 Å². The van der Waals surface area contributed by atoms with Gasteiger partial charge in [-0.15, -0.1) is 5.10 Å². The Morgan fingerprint density at radius 3 is 2.95 bits per heavy atom. The van der Waals surface area contributed by atoms with Crippen molar-refractivity contribution in [2.75, 3.05) is 0 Å². The van der Waals surface area contributed by atoms with Gasteiger partial charge in [0, 0.05) is 5.56 Å². The second kappa shape index (κ2) is 4.46. The molecule has 6 nitrogen and oxygen atoms in total. The third kappa shape index (κ3) is 1.99. The first-order chi connectivity index (χ1) is 9.16. The minimum absolute atomic E-state index is 0.504. The zero-order chi connectivity index (χ0) is 13.4. The minimum atomic E-state index is -0.949. The van der Waals surface area contributed by atoms with Crippen LogP contribution in [-0.2, 0) is 17.6 Å². The first-order valence-electron chi connectivity index (χ1n) is 6.29. The first-order valence-corrected chi connectivity index (χ1v) is 6.29. The molecular weight excluding hydrogens is 244 g/mol. The maximum Gasteiger partial charge on any atom is 0.328 e. The van der Waals surface area contributed by atoms with Gasteiger partial charge in [-0.1, -0.05) is 12.1 Å². The molecule has 0 saturated carbocycles. The highest BCUT2D eigenvalue weighted by molar-refractivity contribution is 5.72. The molecule has 0 spiro atoms. The maximum atomic E-state index is 11.1. The Labute approximate surface area is 110 Å². The lowest BCUT2D eigenvalue weighted by atomic mass is 10.1. The van der Waals surface area contributed by atoms with Crippen LogP contribution in [0.5, 0.6) is 0 Å². The Hall–Kier alpha value is -2.24. The summed E-state index contributed by atoms with van der Waals surface area (Å²) in [5.41, 5.74) is 3.56. The Kier molecular flexibility index (Phi) is 2.77. The smallest absolute Gasteiger partial charge is 0.328 e. The van der Waals surface area contributed by atoms with Crippen molar-refractivity contribution < 1.29 is 9.90 Å². The quantitative estimate of drug-likeness (QED) is 0.901. The van der Waals surface area contributed by atoms with Crippen LogP contribution in [0.15, 0.2) is 18.2 Å². The number of carboxylic acid groups (broad SMARTS) is 1. The van der Waals surface area contributed by atoms with Gasteiger partial charge in [-0.3, -0.25) is 0 Å². The van der Waals surface area contributed by atoms with E-state index in [4.69, 9.17) is 5.11 Å². The predicted molar refractivity (Wildman–Crippen MR) is 67.6 cm³/mol. The Morgan fingerprint density at radius 1 is 1.37 bits per heavy atom. The van der Waals surface area contributed by atoms with Crippen LogP contribution in [0, 0.1) is 0 Å². The zero-order valence-corrected chi connectivity index (χ0v) is 10.6. The number of fused-ring (bicyclic) bond motifs is 1. The van der Waals surface area contributed by atoms with E-state index in [1.54, 1.807) is 6.92 Å². The van der Waals surface area contributed by atoms with Crippen LogP contribution in [-0.4, -0.2) is 31.3 Å². The summed E-state index contributed by atoms with van der Waals surface area (Å²) >= 11 is 0. The minimum Gasteiger partial charge on any atom is -0.480 e. The number of nitrogens with zero attached hydrogens (tertiary/aromatic N) is 4. The number of carbonyl (C=O) groups is 1. The van der Waals surface area contributed by atoms with Crippen LogP contribution in [0.2, 0.25) is 0 Å². The largest absolute Gasteiger partial charge is 0.480 e. The second-order valence-electron chi connectivity index (χ2n) is 4.80. The van der Waals surface area contributed by atoms with Crippen molar-refractivity contribution in [2.24, 2.45) is 0 Å². The van der Waals surface area contributed by atoms with Gasteiger partial charge >= 0.3 is 5.97 Å². The van der Waals surface area contributed by atoms with Crippen LogP contribution in [0.25, 0.3) is 11.4 Å². The number of aryl methyl sites for hydroxylation is 2. The summed E-state index contributed by atoms with van der Waals surface area (Å²) in [6.45, 7) is 1.57. The molecule has 1 heterocycles. The average Bonchev–Trinajstić information content (AvgIpc) is 3.05. The van der Waals surface area contributed by atoms with Gasteiger partial charge in [0.1, 0.15) is 0 Å². The molecule has 0 saturated heterocycles. The molecule has 0 fully saturated rings. The van der Waals surface area contributed by atoms with Crippen molar-refractivity contribution in [1.29, 1.82) is 0 Å². The lowest BCUT2D eigenvalue weighted by Gasteiger charge is -2.09. The Bertz CT molecular complexity index is 635. The SMILES string of the molecule is CC(C(=O)O)n1nnnc1-c1ccc2c(c1)CCC2. The summed E-state index contributed by atoms with van der Waals surface area (Å²) in [5, 5.41) is 20.4. The number of hydrogen-bond donors (Lipinski definition) is 1. The predicted octanol–water partition coefficient (Wildman–Crippen LogP) is 1.47. The van der Waals surface area contributed by atoms with Gasteiger partial charge in [0.2, 0.25) is 0 Å². The summed E-state index contributed by atoms with van der Waals surface area (Å²) < 4.78 is 1.35. The summed E-state index contributed by atoms with van der Waals surface area (Å²) in [6, 6.07) is 5.33. The van der Waals surface area contributed by atoms with E-state index in [0.717, 1.165) is 18.4 Å². The summed E-state index contributed by atoms with van der Waals surface area (Å²) in [5.74, 6) is -0.445. The normalized spacial score (nSPS) is 15.2. The van der Waals surface area contributed by atoms with E-state index in [0.29, 0.717) is 5.82 Å². The third-order valence-corrected chi connectivity index (χ3v) is 3.57. The van der Waals surface area contributed by atoms with Gasteiger partial charge < -0.3 is 5.11 Å². The Morgan fingerprint density at radius 2 is 2.16 bits per heavy atom. The fraction of sp³-hybridized carbons (Fsp3) is 0.385. The molecule has 1 unspecified atom stereocenters. The van der Waals surface area contributed by atoms with Gasteiger partial charge in [-0.25, -0.2) is 9.48 Å². The van der Waals surface area contributed by atoms with E-state index in [1.165, 1.54) is 22.2 Å².